The molecule has 1 aromatic carbocycles. The van der Waals surface area contributed by atoms with E-state index in [-0.39, 0.29) is 12.1 Å². The van der Waals surface area contributed by atoms with Crippen molar-refractivity contribution >= 4 is 0 Å². The predicted octanol–water partition coefficient (Wildman–Crippen LogP) is 1.69. The van der Waals surface area contributed by atoms with E-state index in [1.165, 1.54) is 11.1 Å². The van der Waals surface area contributed by atoms with Gasteiger partial charge in [0, 0.05) is 19.2 Å². The van der Waals surface area contributed by atoms with Gasteiger partial charge in [0.15, 0.2) is 0 Å². The van der Waals surface area contributed by atoms with E-state index < -0.39 is 0 Å². The molecule has 0 aromatic heterocycles. The minimum atomic E-state index is -0.250. The summed E-state index contributed by atoms with van der Waals surface area (Å²) in [7, 11) is 1.70. The number of hydrogen-bond donors (Lipinski definition) is 2. The molecular formula is C13H21NO2. The van der Waals surface area contributed by atoms with Crippen LogP contribution >= 0.6 is 0 Å². The summed E-state index contributed by atoms with van der Waals surface area (Å²) in [6.45, 7) is 5.45. The minimum Gasteiger partial charge on any atom is -0.394 e. The summed E-state index contributed by atoms with van der Waals surface area (Å²) in [5.41, 5.74) is 2.15. The molecule has 2 N–H and O–H groups in total. The number of aliphatic hydroxyl groups excluding tert-OH is 1. The van der Waals surface area contributed by atoms with Crippen LogP contribution in [0.3, 0.4) is 0 Å². The molecule has 0 unspecified atom stereocenters. The van der Waals surface area contributed by atoms with E-state index in [2.05, 4.69) is 17.4 Å². The first-order valence-corrected chi connectivity index (χ1v) is 5.50. The lowest BCUT2D eigenvalue weighted by Crippen LogP contribution is -2.42. The van der Waals surface area contributed by atoms with E-state index in [0.29, 0.717) is 6.61 Å². The summed E-state index contributed by atoms with van der Waals surface area (Å²) >= 11 is 0. The molecule has 0 saturated carbocycles. The standard InChI is InChI=1S/C13H21NO2/c1-13(2,10-15)14-8-11-6-4-5-7-12(11)9-16-3/h4-7,14-15H,8-10H2,1-3H3. The molecule has 0 atom stereocenters. The van der Waals surface area contributed by atoms with Crippen LogP contribution in [-0.4, -0.2) is 24.4 Å². The van der Waals surface area contributed by atoms with Crippen LogP contribution in [0.25, 0.3) is 0 Å². The van der Waals surface area contributed by atoms with E-state index in [1.807, 2.05) is 26.0 Å². The van der Waals surface area contributed by atoms with Gasteiger partial charge in [-0.2, -0.15) is 0 Å². The number of nitrogens with one attached hydrogen (secondary N) is 1. The molecular weight excluding hydrogens is 202 g/mol. The third-order valence-corrected chi connectivity index (χ3v) is 2.57. The highest BCUT2D eigenvalue weighted by Crippen LogP contribution is 2.11. The van der Waals surface area contributed by atoms with Crippen LogP contribution in [0.15, 0.2) is 24.3 Å². The Kier molecular flexibility index (Phi) is 4.93. The molecule has 3 nitrogen and oxygen atoms in total. The first-order chi connectivity index (χ1) is 7.59. The SMILES string of the molecule is COCc1ccccc1CNC(C)(C)CO. The second-order valence-electron chi connectivity index (χ2n) is 4.60. The molecule has 3 heteroatoms. The molecule has 0 aliphatic carbocycles. The highest BCUT2D eigenvalue weighted by Gasteiger charge is 2.15. The molecule has 90 valence electrons. The monoisotopic (exact) mass is 223 g/mol. The Labute approximate surface area is 97.4 Å². The molecule has 16 heavy (non-hydrogen) atoms. The number of benzene rings is 1. The number of methoxy groups -OCH3 is 1. The second kappa shape index (κ2) is 5.99. The fourth-order valence-electron chi connectivity index (χ4n) is 1.42. The van der Waals surface area contributed by atoms with E-state index in [1.54, 1.807) is 7.11 Å². The Balaban J connectivity index is 2.66. The quantitative estimate of drug-likeness (QED) is 0.771. The molecule has 0 saturated heterocycles. The van der Waals surface area contributed by atoms with Crippen molar-refractivity contribution in [2.75, 3.05) is 13.7 Å². The van der Waals surface area contributed by atoms with Crippen LogP contribution in [0.4, 0.5) is 0 Å². The van der Waals surface area contributed by atoms with Gasteiger partial charge in [0.25, 0.3) is 0 Å². The molecule has 0 heterocycles. The number of rotatable bonds is 6. The lowest BCUT2D eigenvalue weighted by atomic mass is 10.0. The van der Waals surface area contributed by atoms with Gasteiger partial charge in [0.05, 0.1) is 13.2 Å². The van der Waals surface area contributed by atoms with Crippen molar-refractivity contribution in [3.05, 3.63) is 35.4 Å². The van der Waals surface area contributed by atoms with Crippen molar-refractivity contribution in [1.29, 1.82) is 0 Å². The average Bonchev–Trinajstić information content (AvgIpc) is 2.28. The molecule has 0 radical (unpaired) electrons. The summed E-state index contributed by atoms with van der Waals surface area (Å²) in [4.78, 5) is 0. The largest absolute Gasteiger partial charge is 0.394 e. The maximum absolute atomic E-state index is 9.16. The van der Waals surface area contributed by atoms with Crippen LogP contribution < -0.4 is 5.32 Å². The zero-order valence-electron chi connectivity index (χ0n) is 10.3. The topological polar surface area (TPSA) is 41.5 Å². The van der Waals surface area contributed by atoms with Gasteiger partial charge in [-0.25, -0.2) is 0 Å². The lowest BCUT2D eigenvalue weighted by molar-refractivity contribution is 0.180. The third-order valence-electron chi connectivity index (χ3n) is 2.57. The van der Waals surface area contributed by atoms with Crippen LogP contribution in [0, 0.1) is 0 Å². The van der Waals surface area contributed by atoms with Gasteiger partial charge in [-0.3, -0.25) is 0 Å². The number of hydrogen-bond acceptors (Lipinski definition) is 3. The molecule has 0 bridgehead atoms. The average molecular weight is 223 g/mol. The smallest absolute Gasteiger partial charge is 0.0716 e. The van der Waals surface area contributed by atoms with Crippen molar-refractivity contribution in [1.82, 2.24) is 5.32 Å². The van der Waals surface area contributed by atoms with E-state index in [0.717, 1.165) is 6.54 Å². The van der Waals surface area contributed by atoms with Gasteiger partial charge in [-0.05, 0) is 25.0 Å². The fourth-order valence-corrected chi connectivity index (χ4v) is 1.42. The van der Waals surface area contributed by atoms with Gasteiger partial charge in [-0.15, -0.1) is 0 Å². The lowest BCUT2D eigenvalue weighted by Gasteiger charge is -2.24. The predicted molar refractivity (Wildman–Crippen MR) is 65.2 cm³/mol. The Bertz CT molecular complexity index is 323. The third kappa shape index (κ3) is 3.93. The fraction of sp³-hybridized carbons (Fsp3) is 0.538. The van der Waals surface area contributed by atoms with E-state index >= 15 is 0 Å². The van der Waals surface area contributed by atoms with Gasteiger partial charge < -0.3 is 15.2 Å². The Morgan fingerprint density at radius 2 is 1.88 bits per heavy atom. The van der Waals surface area contributed by atoms with Gasteiger partial charge in [0.2, 0.25) is 0 Å². The zero-order valence-corrected chi connectivity index (χ0v) is 10.3. The molecule has 0 fully saturated rings. The van der Waals surface area contributed by atoms with Crippen LogP contribution in [0.2, 0.25) is 0 Å². The van der Waals surface area contributed by atoms with E-state index in [4.69, 9.17) is 9.84 Å². The summed E-state index contributed by atoms with van der Waals surface area (Å²) in [6, 6.07) is 8.17. The number of aliphatic hydroxyl groups is 1. The molecule has 0 spiro atoms. The van der Waals surface area contributed by atoms with Crippen molar-refractivity contribution in [2.45, 2.75) is 32.5 Å². The Morgan fingerprint density at radius 3 is 2.44 bits per heavy atom. The van der Waals surface area contributed by atoms with Crippen molar-refractivity contribution in [3.63, 3.8) is 0 Å². The maximum Gasteiger partial charge on any atom is 0.0716 e. The Hall–Kier alpha value is -0.900. The van der Waals surface area contributed by atoms with Crippen LogP contribution in [0.1, 0.15) is 25.0 Å². The zero-order chi connectivity index (χ0) is 12.0. The first kappa shape index (κ1) is 13.2. The highest BCUT2D eigenvalue weighted by atomic mass is 16.5. The van der Waals surface area contributed by atoms with Gasteiger partial charge >= 0.3 is 0 Å². The highest BCUT2D eigenvalue weighted by molar-refractivity contribution is 5.26. The maximum atomic E-state index is 9.16. The van der Waals surface area contributed by atoms with Crippen LogP contribution in [0.5, 0.6) is 0 Å². The molecule has 1 rings (SSSR count). The molecule has 1 aromatic rings. The normalized spacial score (nSPS) is 11.8. The van der Waals surface area contributed by atoms with Crippen LogP contribution in [-0.2, 0) is 17.9 Å². The van der Waals surface area contributed by atoms with Crippen molar-refractivity contribution in [2.24, 2.45) is 0 Å². The van der Waals surface area contributed by atoms with Gasteiger partial charge in [-0.1, -0.05) is 24.3 Å². The molecule has 0 aliphatic rings. The number of ether oxygens (including phenoxy) is 1. The van der Waals surface area contributed by atoms with Gasteiger partial charge in [0.1, 0.15) is 0 Å². The summed E-state index contributed by atoms with van der Waals surface area (Å²) in [5.74, 6) is 0. The van der Waals surface area contributed by atoms with E-state index in [9.17, 15) is 0 Å². The summed E-state index contributed by atoms with van der Waals surface area (Å²) < 4.78 is 5.15. The summed E-state index contributed by atoms with van der Waals surface area (Å²) in [5, 5.41) is 12.5. The second-order valence-corrected chi connectivity index (χ2v) is 4.60. The van der Waals surface area contributed by atoms with Crippen molar-refractivity contribution in [3.8, 4) is 0 Å². The summed E-state index contributed by atoms with van der Waals surface area (Å²) in [6.07, 6.45) is 0. The Morgan fingerprint density at radius 1 is 1.25 bits per heavy atom. The first-order valence-electron chi connectivity index (χ1n) is 5.50. The molecule has 0 amide bonds. The van der Waals surface area contributed by atoms with Crippen molar-refractivity contribution < 1.29 is 9.84 Å². The minimum absolute atomic E-state index is 0.124. The molecule has 0 aliphatic heterocycles.